The second-order valence-electron chi connectivity index (χ2n) is 7.38. The van der Waals surface area contributed by atoms with E-state index in [1.54, 1.807) is 12.7 Å². The molecule has 0 saturated heterocycles. The fourth-order valence-corrected chi connectivity index (χ4v) is 3.69. The smallest absolute Gasteiger partial charge is 0.102 e. The summed E-state index contributed by atoms with van der Waals surface area (Å²) in [4.78, 5) is 9.24. The van der Waals surface area contributed by atoms with Crippen LogP contribution >= 0.6 is 35.3 Å². The van der Waals surface area contributed by atoms with Gasteiger partial charge in [0.05, 0.1) is 23.5 Å². The second-order valence-corrected chi connectivity index (χ2v) is 9.57. The van der Waals surface area contributed by atoms with Crippen LogP contribution in [0.5, 0.6) is 0 Å². The van der Waals surface area contributed by atoms with E-state index in [0.717, 1.165) is 32.5 Å². The molecule has 156 valence electrons. The van der Waals surface area contributed by atoms with E-state index in [1.165, 1.54) is 12.1 Å². The van der Waals surface area contributed by atoms with Crippen molar-refractivity contribution in [3.63, 3.8) is 0 Å². The molecule has 0 aromatic heterocycles. The summed E-state index contributed by atoms with van der Waals surface area (Å²) in [7, 11) is 3.90. The zero-order valence-corrected chi connectivity index (χ0v) is 20.1. The van der Waals surface area contributed by atoms with Gasteiger partial charge in [0.1, 0.15) is 12.7 Å². The highest BCUT2D eigenvalue weighted by Gasteiger charge is 2.08. The molecule has 4 nitrogen and oxygen atoms in total. The van der Waals surface area contributed by atoms with Crippen molar-refractivity contribution in [3.05, 3.63) is 57.6 Å². The first-order valence-electron chi connectivity index (χ1n) is 9.48. The van der Waals surface area contributed by atoms with E-state index in [2.05, 4.69) is 37.7 Å². The predicted octanol–water partition coefficient (Wildman–Crippen LogP) is 7.69. The number of nitrogens with zero attached hydrogens (tertiary/aromatic N) is 4. The highest BCUT2D eigenvalue weighted by Crippen LogP contribution is 2.31. The molecule has 0 atom stereocenters. The van der Waals surface area contributed by atoms with Crippen molar-refractivity contribution in [2.24, 2.45) is 9.98 Å². The lowest BCUT2D eigenvalue weighted by Gasteiger charge is -2.18. The number of halogens is 2. The van der Waals surface area contributed by atoms with Crippen molar-refractivity contribution < 1.29 is 0 Å². The minimum atomic E-state index is 0.350. The SMILES string of the molecule is CC(C)c1cc(Cl)ccc1/N=C\N(C)SN(C)/C=N\c1ccc(Cl)cc1C(C)C. The van der Waals surface area contributed by atoms with Gasteiger partial charge in [0, 0.05) is 24.1 Å². The third-order valence-corrected chi connectivity index (χ3v) is 5.37. The fourth-order valence-electron chi connectivity index (χ4n) is 2.74. The van der Waals surface area contributed by atoms with E-state index in [4.69, 9.17) is 23.2 Å². The van der Waals surface area contributed by atoms with Crippen molar-refractivity contribution in [2.45, 2.75) is 39.5 Å². The zero-order valence-electron chi connectivity index (χ0n) is 17.7. The molecule has 0 N–H and O–H groups in total. The molecule has 0 spiro atoms. The van der Waals surface area contributed by atoms with Crippen LogP contribution in [0, 0.1) is 0 Å². The third-order valence-electron chi connectivity index (χ3n) is 4.20. The summed E-state index contributed by atoms with van der Waals surface area (Å²) in [6.45, 7) is 8.54. The topological polar surface area (TPSA) is 31.2 Å². The van der Waals surface area contributed by atoms with Crippen LogP contribution in [-0.4, -0.2) is 35.4 Å². The summed E-state index contributed by atoms with van der Waals surface area (Å²) in [5.74, 6) is 0.700. The summed E-state index contributed by atoms with van der Waals surface area (Å²) in [5.41, 5.74) is 4.11. The van der Waals surface area contributed by atoms with Crippen LogP contribution in [0.15, 0.2) is 46.4 Å². The van der Waals surface area contributed by atoms with Gasteiger partial charge in [-0.3, -0.25) is 8.61 Å². The van der Waals surface area contributed by atoms with Crippen LogP contribution in [0.25, 0.3) is 0 Å². The molecule has 0 bridgehead atoms. The molecule has 0 radical (unpaired) electrons. The molecule has 7 heteroatoms. The van der Waals surface area contributed by atoms with Crippen LogP contribution in [0.4, 0.5) is 11.4 Å². The van der Waals surface area contributed by atoms with Crippen molar-refractivity contribution in [1.29, 1.82) is 0 Å². The van der Waals surface area contributed by atoms with Crippen LogP contribution in [0.1, 0.15) is 50.7 Å². The summed E-state index contributed by atoms with van der Waals surface area (Å²) in [6, 6.07) is 11.6. The van der Waals surface area contributed by atoms with Crippen LogP contribution in [-0.2, 0) is 0 Å². The molecule has 0 heterocycles. The van der Waals surface area contributed by atoms with Crippen molar-refractivity contribution in [2.75, 3.05) is 14.1 Å². The number of benzene rings is 2. The first-order chi connectivity index (χ1) is 13.7. The summed E-state index contributed by atoms with van der Waals surface area (Å²) in [6.07, 6.45) is 3.60. The maximum Gasteiger partial charge on any atom is 0.102 e. The summed E-state index contributed by atoms with van der Waals surface area (Å²) < 4.78 is 3.85. The Hall–Kier alpha value is -1.69. The Bertz CT molecular complexity index is 810. The van der Waals surface area contributed by atoms with E-state index < -0.39 is 0 Å². The van der Waals surface area contributed by atoms with Crippen molar-refractivity contribution in [1.82, 2.24) is 8.61 Å². The predicted molar refractivity (Wildman–Crippen MR) is 131 cm³/mol. The van der Waals surface area contributed by atoms with Crippen LogP contribution < -0.4 is 0 Å². The van der Waals surface area contributed by atoms with Gasteiger partial charge in [-0.05, 0) is 59.4 Å². The number of hydrogen-bond acceptors (Lipinski definition) is 3. The largest absolute Gasteiger partial charge is 0.292 e. The van der Waals surface area contributed by atoms with Gasteiger partial charge in [-0.25, -0.2) is 9.98 Å². The van der Waals surface area contributed by atoms with Gasteiger partial charge in [-0.15, -0.1) is 0 Å². The van der Waals surface area contributed by atoms with E-state index in [9.17, 15) is 0 Å². The minimum Gasteiger partial charge on any atom is -0.292 e. The lowest BCUT2D eigenvalue weighted by Crippen LogP contribution is -2.16. The monoisotopic (exact) mass is 450 g/mol. The van der Waals surface area contributed by atoms with Crippen molar-refractivity contribution in [3.8, 4) is 0 Å². The third kappa shape index (κ3) is 7.25. The average Bonchev–Trinajstić information content (AvgIpc) is 2.65. The van der Waals surface area contributed by atoms with Gasteiger partial charge in [-0.2, -0.15) is 0 Å². The molecule has 0 saturated carbocycles. The molecule has 0 amide bonds. The highest BCUT2D eigenvalue weighted by molar-refractivity contribution is 7.95. The molecule has 0 aliphatic heterocycles. The van der Waals surface area contributed by atoms with Gasteiger partial charge >= 0.3 is 0 Å². The first-order valence-corrected chi connectivity index (χ1v) is 11.0. The standard InChI is InChI=1S/C22H28Cl2N4S/c1-15(2)19-11-17(23)7-9-21(19)25-13-27(5)29-28(6)14-26-22-10-8-18(24)12-20(22)16(3)4/h7-16H,1-6H3/b25-13-,26-14-. The summed E-state index contributed by atoms with van der Waals surface area (Å²) in [5, 5.41) is 1.46. The zero-order chi connectivity index (χ0) is 21.6. The van der Waals surface area contributed by atoms with Gasteiger partial charge in [0.2, 0.25) is 0 Å². The van der Waals surface area contributed by atoms with E-state index in [0.29, 0.717) is 11.8 Å². The Morgan fingerprint density at radius 1 is 0.759 bits per heavy atom. The Balaban J connectivity index is 2.04. The van der Waals surface area contributed by atoms with E-state index in [-0.39, 0.29) is 0 Å². The number of aliphatic imine (C=N–C) groups is 2. The Morgan fingerprint density at radius 3 is 1.48 bits per heavy atom. The quantitative estimate of drug-likeness (QED) is 0.234. The molecule has 0 fully saturated rings. The van der Waals surface area contributed by atoms with Gasteiger partial charge in [0.25, 0.3) is 0 Å². The molecular weight excluding hydrogens is 423 g/mol. The van der Waals surface area contributed by atoms with Crippen molar-refractivity contribution >= 4 is 59.4 Å². The van der Waals surface area contributed by atoms with Gasteiger partial charge in [-0.1, -0.05) is 50.9 Å². The Kier molecular flexibility index (Phi) is 8.87. The van der Waals surface area contributed by atoms with Crippen LogP contribution in [0.3, 0.4) is 0 Å². The number of rotatable bonds is 8. The Labute approximate surface area is 188 Å². The molecule has 0 unspecified atom stereocenters. The number of hydrogen-bond donors (Lipinski definition) is 0. The lowest BCUT2D eigenvalue weighted by atomic mass is 10.0. The van der Waals surface area contributed by atoms with Gasteiger partial charge < -0.3 is 0 Å². The van der Waals surface area contributed by atoms with Crippen LogP contribution in [0.2, 0.25) is 10.0 Å². The lowest BCUT2D eigenvalue weighted by molar-refractivity contribution is 0.778. The van der Waals surface area contributed by atoms with E-state index in [1.807, 2.05) is 59.1 Å². The summed E-state index contributed by atoms with van der Waals surface area (Å²) >= 11 is 13.7. The van der Waals surface area contributed by atoms with E-state index >= 15 is 0 Å². The first kappa shape index (κ1) is 23.6. The maximum absolute atomic E-state index is 6.12. The normalized spacial score (nSPS) is 11.9. The molecule has 2 rings (SSSR count). The molecule has 2 aromatic rings. The average molecular weight is 451 g/mol. The maximum atomic E-state index is 6.12. The minimum absolute atomic E-state index is 0.350. The molecule has 0 aliphatic rings. The highest BCUT2D eigenvalue weighted by atomic mass is 35.5. The Morgan fingerprint density at radius 2 is 1.14 bits per heavy atom. The molecule has 29 heavy (non-hydrogen) atoms. The molecule has 0 aliphatic carbocycles. The fraction of sp³-hybridized carbons (Fsp3) is 0.364. The molecule has 2 aromatic carbocycles. The van der Waals surface area contributed by atoms with Gasteiger partial charge in [0.15, 0.2) is 0 Å². The second kappa shape index (κ2) is 10.9. The molecular formula is C22H28Cl2N4S.